The molecule has 4 rings (SSSR count). The van der Waals surface area contributed by atoms with Crippen LogP contribution in [-0.4, -0.2) is 30.0 Å². The van der Waals surface area contributed by atoms with Crippen LogP contribution in [0.2, 0.25) is 0 Å². The lowest BCUT2D eigenvalue weighted by atomic mass is 9.91. The van der Waals surface area contributed by atoms with Gasteiger partial charge in [-0.15, -0.1) is 0 Å². The van der Waals surface area contributed by atoms with E-state index in [4.69, 9.17) is 18.6 Å². The van der Waals surface area contributed by atoms with Gasteiger partial charge in [-0.25, -0.2) is 0 Å². The van der Waals surface area contributed by atoms with E-state index in [1.165, 1.54) is 25.3 Å². The van der Waals surface area contributed by atoms with Crippen molar-refractivity contribution in [1.29, 1.82) is 0 Å². The van der Waals surface area contributed by atoms with E-state index < -0.39 is 17.1 Å². The Morgan fingerprint density at radius 2 is 1.91 bits per heavy atom. The van der Waals surface area contributed by atoms with E-state index >= 15 is 0 Å². The lowest BCUT2D eigenvalue weighted by Gasteiger charge is -2.19. The first-order valence-electron chi connectivity index (χ1n) is 10.2. The Bertz CT molecular complexity index is 1250. The van der Waals surface area contributed by atoms with E-state index in [2.05, 4.69) is 5.32 Å². The Kier molecular flexibility index (Phi) is 6.12. The number of rotatable bonds is 7. The third-order valence-electron chi connectivity index (χ3n) is 5.31. The summed E-state index contributed by atoms with van der Waals surface area (Å²) < 4.78 is 21.5. The number of nitrogens with one attached hydrogen (secondary N) is 1. The van der Waals surface area contributed by atoms with Crippen molar-refractivity contribution in [2.75, 3.05) is 13.9 Å². The first-order chi connectivity index (χ1) is 15.9. The van der Waals surface area contributed by atoms with Gasteiger partial charge in [0.05, 0.1) is 13.0 Å². The predicted octanol–water partition coefficient (Wildman–Crippen LogP) is 2.94. The first-order valence-corrected chi connectivity index (χ1v) is 10.2. The number of benzene rings is 2. The van der Waals surface area contributed by atoms with E-state index in [9.17, 15) is 19.8 Å². The molecule has 3 aromatic rings. The molecule has 0 spiro atoms. The van der Waals surface area contributed by atoms with Crippen LogP contribution in [0.15, 0.2) is 51.7 Å². The summed E-state index contributed by atoms with van der Waals surface area (Å²) in [4.78, 5) is 25.0. The second-order valence-corrected chi connectivity index (χ2v) is 7.59. The summed E-state index contributed by atoms with van der Waals surface area (Å²) >= 11 is 0. The van der Waals surface area contributed by atoms with Gasteiger partial charge in [-0.05, 0) is 42.3 Å². The highest BCUT2D eigenvalue weighted by molar-refractivity contribution is 5.77. The van der Waals surface area contributed by atoms with Crippen molar-refractivity contribution in [1.82, 2.24) is 5.32 Å². The van der Waals surface area contributed by atoms with Crippen molar-refractivity contribution < 1.29 is 33.6 Å². The molecule has 1 aliphatic heterocycles. The molecule has 33 heavy (non-hydrogen) atoms. The van der Waals surface area contributed by atoms with E-state index in [0.717, 1.165) is 5.56 Å². The number of fused-ring (bicyclic) bond motifs is 1. The largest absolute Gasteiger partial charge is 0.504 e. The monoisotopic (exact) mass is 453 g/mol. The Balaban J connectivity index is 1.59. The molecule has 1 aromatic heterocycles. The van der Waals surface area contributed by atoms with Gasteiger partial charge in [-0.1, -0.05) is 12.1 Å². The van der Waals surface area contributed by atoms with Gasteiger partial charge < -0.3 is 34.2 Å². The summed E-state index contributed by atoms with van der Waals surface area (Å²) in [5.41, 5.74) is 0.734. The standard InChI is InChI=1S/C24H23NO8/c1-13-7-18(27)23(29)24(33-13)16(15-4-5-17(26)20(9-15)30-2)10-22(28)25-11-14-3-6-19-21(8-14)32-12-31-19/h3-9,16,26,29H,10-12H2,1-2H3,(H,25,28)/t16-/m1/s1. The number of carbonyl (C=O) groups is 1. The van der Waals surface area contributed by atoms with Crippen LogP contribution < -0.4 is 25.0 Å². The molecule has 1 amide bonds. The topological polar surface area (TPSA) is 127 Å². The number of carbonyl (C=O) groups excluding carboxylic acids is 1. The van der Waals surface area contributed by atoms with Crippen LogP contribution >= 0.6 is 0 Å². The maximum Gasteiger partial charge on any atom is 0.231 e. The predicted molar refractivity (Wildman–Crippen MR) is 117 cm³/mol. The third kappa shape index (κ3) is 4.72. The fraction of sp³-hybridized carbons (Fsp3) is 0.250. The minimum Gasteiger partial charge on any atom is -0.504 e. The van der Waals surface area contributed by atoms with Gasteiger partial charge in [0.2, 0.25) is 23.9 Å². The molecule has 1 aliphatic rings. The van der Waals surface area contributed by atoms with Gasteiger partial charge >= 0.3 is 0 Å². The molecule has 0 radical (unpaired) electrons. The van der Waals surface area contributed by atoms with Crippen molar-refractivity contribution >= 4 is 5.91 Å². The first kappa shape index (κ1) is 22.1. The van der Waals surface area contributed by atoms with Gasteiger partial charge in [0.15, 0.2) is 28.8 Å². The Morgan fingerprint density at radius 1 is 1.12 bits per heavy atom. The van der Waals surface area contributed by atoms with E-state index in [1.807, 2.05) is 6.07 Å². The van der Waals surface area contributed by atoms with Crippen molar-refractivity contribution in [2.45, 2.75) is 25.8 Å². The fourth-order valence-electron chi connectivity index (χ4n) is 3.64. The van der Waals surface area contributed by atoms with Gasteiger partial charge in [-0.2, -0.15) is 0 Å². The molecule has 3 N–H and O–H groups in total. The van der Waals surface area contributed by atoms with E-state index in [0.29, 0.717) is 22.8 Å². The number of phenolic OH excluding ortho intramolecular Hbond substituents is 1. The van der Waals surface area contributed by atoms with Gasteiger partial charge in [0, 0.05) is 19.0 Å². The number of aromatic hydroxyl groups is 2. The van der Waals surface area contributed by atoms with Crippen LogP contribution in [0.4, 0.5) is 0 Å². The molecule has 0 saturated heterocycles. The van der Waals surface area contributed by atoms with Crippen LogP contribution in [0, 0.1) is 6.92 Å². The molecule has 0 saturated carbocycles. The lowest BCUT2D eigenvalue weighted by Crippen LogP contribution is -2.25. The molecule has 2 aromatic carbocycles. The van der Waals surface area contributed by atoms with Crippen LogP contribution in [-0.2, 0) is 11.3 Å². The quantitative estimate of drug-likeness (QED) is 0.498. The average Bonchev–Trinajstić information content (AvgIpc) is 3.27. The third-order valence-corrected chi connectivity index (χ3v) is 5.31. The normalized spacial score (nSPS) is 12.9. The zero-order chi connectivity index (χ0) is 23.5. The molecular formula is C24H23NO8. The minimum atomic E-state index is -0.802. The van der Waals surface area contributed by atoms with Gasteiger partial charge in [0.25, 0.3) is 0 Å². The second kappa shape index (κ2) is 9.15. The van der Waals surface area contributed by atoms with E-state index in [-0.39, 0.29) is 42.9 Å². The minimum absolute atomic E-state index is 0.0361. The zero-order valence-corrected chi connectivity index (χ0v) is 18.1. The Hall–Kier alpha value is -4.14. The summed E-state index contributed by atoms with van der Waals surface area (Å²) in [5.74, 6) is -0.0813. The van der Waals surface area contributed by atoms with Crippen LogP contribution in [0.1, 0.15) is 35.0 Å². The number of ether oxygens (including phenoxy) is 3. The highest BCUT2D eigenvalue weighted by Crippen LogP contribution is 2.37. The molecule has 2 heterocycles. The van der Waals surface area contributed by atoms with Crippen LogP contribution in [0.5, 0.6) is 28.7 Å². The number of amides is 1. The lowest BCUT2D eigenvalue weighted by molar-refractivity contribution is -0.121. The van der Waals surface area contributed by atoms with Crippen molar-refractivity contribution in [3.8, 4) is 28.7 Å². The highest BCUT2D eigenvalue weighted by Gasteiger charge is 2.27. The molecule has 0 bridgehead atoms. The van der Waals surface area contributed by atoms with Gasteiger partial charge in [-0.3, -0.25) is 9.59 Å². The Labute approximate surface area is 189 Å². The van der Waals surface area contributed by atoms with E-state index in [1.54, 1.807) is 25.1 Å². The van der Waals surface area contributed by atoms with Crippen molar-refractivity contribution in [3.63, 3.8) is 0 Å². The molecule has 0 aliphatic carbocycles. The summed E-state index contributed by atoms with van der Waals surface area (Å²) in [6, 6.07) is 11.1. The van der Waals surface area contributed by atoms with Gasteiger partial charge in [0.1, 0.15) is 5.76 Å². The fourth-order valence-corrected chi connectivity index (χ4v) is 3.64. The smallest absolute Gasteiger partial charge is 0.231 e. The van der Waals surface area contributed by atoms with Crippen LogP contribution in [0.3, 0.4) is 0 Å². The molecule has 1 atom stereocenters. The van der Waals surface area contributed by atoms with Crippen molar-refractivity contribution in [2.24, 2.45) is 0 Å². The number of methoxy groups -OCH3 is 1. The number of hydrogen-bond acceptors (Lipinski definition) is 8. The summed E-state index contributed by atoms with van der Waals surface area (Å²) in [7, 11) is 1.40. The highest BCUT2D eigenvalue weighted by atomic mass is 16.7. The number of hydrogen-bond donors (Lipinski definition) is 3. The molecule has 0 unspecified atom stereocenters. The van der Waals surface area contributed by atoms with Crippen LogP contribution in [0.25, 0.3) is 0 Å². The summed E-state index contributed by atoms with van der Waals surface area (Å²) in [6.07, 6.45) is -0.127. The summed E-state index contributed by atoms with van der Waals surface area (Å²) in [6.45, 7) is 1.98. The van der Waals surface area contributed by atoms with Crippen molar-refractivity contribution in [3.05, 3.63) is 75.3 Å². The number of phenols is 1. The average molecular weight is 453 g/mol. The zero-order valence-electron chi connectivity index (χ0n) is 18.1. The molecular weight excluding hydrogens is 430 g/mol. The Morgan fingerprint density at radius 3 is 2.70 bits per heavy atom. The molecule has 172 valence electrons. The molecule has 0 fully saturated rings. The maximum atomic E-state index is 12.9. The molecule has 9 heteroatoms. The number of aryl methyl sites for hydroxylation is 1. The summed E-state index contributed by atoms with van der Waals surface area (Å²) in [5, 5.41) is 23.2. The SMILES string of the molecule is COc1cc([C@@H](CC(=O)NCc2ccc3c(c2)OCO3)c2oc(C)cc(=O)c2O)ccc1O. The molecule has 9 nitrogen and oxygen atoms in total. The maximum absolute atomic E-state index is 12.9. The second-order valence-electron chi connectivity index (χ2n) is 7.59.